The van der Waals surface area contributed by atoms with Gasteiger partial charge in [-0.1, -0.05) is 12.1 Å². The van der Waals surface area contributed by atoms with Crippen LogP contribution in [-0.4, -0.2) is 51.6 Å². The molecule has 2 aliphatic rings. The number of aryl methyl sites for hydroxylation is 2. The van der Waals surface area contributed by atoms with Crippen molar-refractivity contribution >= 4 is 23.3 Å². The number of anilines is 2. The fourth-order valence-electron chi connectivity index (χ4n) is 4.30. The molecule has 1 N–H and O–H groups in total. The second kappa shape index (κ2) is 8.35. The summed E-state index contributed by atoms with van der Waals surface area (Å²) in [6.45, 7) is 5.39. The van der Waals surface area contributed by atoms with E-state index in [0.717, 1.165) is 35.5 Å². The minimum Gasteiger partial charge on any atom is -0.359 e. The molecule has 1 aromatic carbocycles. The van der Waals surface area contributed by atoms with Crippen molar-refractivity contribution in [2.24, 2.45) is 5.92 Å². The maximum atomic E-state index is 13.2. The van der Waals surface area contributed by atoms with Gasteiger partial charge in [0, 0.05) is 32.0 Å². The van der Waals surface area contributed by atoms with Gasteiger partial charge < -0.3 is 15.1 Å². The minimum absolute atomic E-state index is 0.0233. The molecule has 2 aromatic heterocycles. The highest BCUT2D eigenvalue weighted by atomic mass is 16.2. The van der Waals surface area contributed by atoms with Crippen LogP contribution in [0.15, 0.2) is 42.6 Å². The van der Waals surface area contributed by atoms with Gasteiger partial charge in [0.25, 0.3) is 5.91 Å². The number of fused-ring (bicyclic) bond motifs is 1. The minimum atomic E-state index is -0.133. The van der Waals surface area contributed by atoms with E-state index >= 15 is 0 Å². The van der Waals surface area contributed by atoms with E-state index < -0.39 is 0 Å². The number of nitrogens with one attached hydrogen (secondary N) is 1. The Kier molecular flexibility index (Phi) is 5.36. The monoisotopic (exact) mass is 444 g/mol. The number of carbonyl (C=O) groups excluding carboxylic acids is 2. The number of rotatable bonds is 6. The molecule has 8 nitrogen and oxygen atoms in total. The van der Waals surface area contributed by atoms with E-state index in [9.17, 15) is 9.59 Å². The highest BCUT2D eigenvalue weighted by molar-refractivity contribution is 6.04. The van der Waals surface area contributed by atoms with Gasteiger partial charge in [0.1, 0.15) is 5.82 Å². The van der Waals surface area contributed by atoms with E-state index in [0.29, 0.717) is 36.1 Å². The van der Waals surface area contributed by atoms with Crippen LogP contribution in [-0.2, 0) is 11.3 Å². The zero-order chi connectivity index (χ0) is 23.1. The molecule has 1 aliphatic carbocycles. The zero-order valence-electron chi connectivity index (χ0n) is 19.2. The molecule has 0 saturated heterocycles. The van der Waals surface area contributed by atoms with E-state index in [-0.39, 0.29) is 18.4 Å². The first kappa shape index (κ1) is 21.2. The Hall–Kier alpha value is -3.68. The lowest BCUT2D eigenvalue weighted by molar-refractivity contribution is -0.117. The molecule has 0 bridgehead atoms. The van der Waals surface area contributed by atoms with Crippen molar-refractivity contribution in [2.45, 2.75) is 33.2 Å². The van der Waals surface area contributed by atoms with Crippen LogP contribution >= 0.6 is 0 Å². The average molecular weight is 445 g/mol. The molecular weight excluding hydrogens is 416 g/mol. The summed E-state index contributed by atoms with van der Waals surface area (Å²) in [6.07, 6.45) is 3.89. The molecule has 0 radical (unpaired) electrons. The van der Waals surface area contributed by atoms with Crippen molar-refractivity contribution < 1.29 is 9.59 Å². The normalized spacial score (nSPS) is 15.2. The number of nitrogens with zero attached hydrogens (tertiary/aromatic N) is 5. The maximum Gasteiger partial charge on any atom is 0.255 e. The number of aromatic nitrogens is 3. The topological polar surface area (TPSA) is 83.4 Å². The molecular formula is C25H28N6O2. The van der Waals surface area contributed by atoms with E-state index in [4.69, 9.17) is 0 Å². The lowest BCUT2D eigenvalue weighted by atomic mass is 10.1. The molecule has 170 valence electrons. The standard InChI is InChI=1S/C25H28N6O2/c1-16-9-17(2)31(28-16)21-6-4-5-19(10-21)14-29(3)25(33)20-11-22-24(26-12-20)27-13-23(32)30(22)15-18-7-8-18/h4-6,9-12,18H,7-8,13-15H2,1-3H3,(H,26,27). The first-order valence-corrected chi connectivity index (χ1v) is 11.3. The zero-order valence-corrected chi connectivity index (χ0v) is 19.2. The molecule has 1 aliphatic heterocycles. The Morgan fingerprint density at radius 1 is 1.21 bits per heavy atom. The Bertz CT molecular complexity index is 1230. The van der Waals surface area contributed by atoms with Crippen molar-refractivity contribution in [3.8, 4) is 5.69 Å². The molecule has 0 spiro atoms. The lowest BCUT2D eigenvalue weighted by Gasteiger charge is -2.30. The van der Waals surface area contributed by atoms with Crippen molar-refractivity contribution in [3.05, 3.63) is 65.1 Å². The first-order chi connectivity index (χ1) is 15.9. The molecule has 0 atom stereocenters. The molecule has 3 aromatic rings. The summed E-state index contributed by atoms with van der Waals surface area (Å²) in [5.74, 6) is 1.10. The quantitative estimate of drug-likeness (QED) is 0.631. The third-order valence-corrected chi connectivity index (χ3v) is 6.18. The van der Waals surface area contributed by atoms with E-state index in [1.165, 1.54) is 0 Å². The summed E-state index contributed by atoms with van der Waals surface area (Å²) in [5.41, 5.74) is 5.18. The summed E-state index contributed by atoms with van der Waals surface area (Å²) in [5, 5.41) is 7.62. The Morgan fingerprint density at radius 2 is 2.03 bits per heavy atom. The molecule has 33 heavy (non-hydrogen) atoms. The first-order valence-electron chi connectivity index (χ1n) is 11.3. The predicted molar refractivity (Wildman–Crippen MR) is 127 cm³/mol. The Balaban J connectivity index is 1.35. The van der Waals surface area contributed by atoms with Crippen LogP contribution in [0.1, 0.15) is 40.2 Å². The Morgan fingerprint density at radius 3 is 2.76 bits per heavy atom. The van der Waals surface area contributed by atoms with Crippen molar-refractivity contribution in [3.63, 3.8) is 0 Å². The van der Waals surface area contributed by atoms with Gasteiger partial charge in [-0.2, -0.15) is 5.10 Å². The Labute approximate surface area is 193 Å². The molecule has 5 rings (SSSR count). The number of pyridine rings is 1. The van der Waals surface area contributed by atoms with Gasteiger partial charge in [0.05, 0.1) is 29.2 Å². The summed E-state index contributed by atoms with van der Waals surface area (Å²) < 4.78 is 1.91. The number of amides is 2. The van der Waals surface area contributed by atoms with Crippen molar-refractivity contribution in [1.29, 1.82) is 0 Å². The maximum absolute atomic E-state index is 13.2. The fraction of sp³-hybridized carbons (Fsp3) is 0.360. The smallest absolute Gasteiger partial charge is 0.255 e. The van der Waals surface area contributed by atoms with Crippen LogP contribution < -0.4 is 10.2 Å². The largest absolute Gasteiger partial charge is 0.359 e. The summed E-state index contributed by atoms with van der Waals surface area (Å²) in [7, 11) is 1.78. The summed E-state index contributed by atoms with van der Waals surface area (Å²) in [6, 6.07) is 11.9. The third-order valence-electron chi connectivity index (χ3n) is 6.18. The van der Waals surface area contributed by atoms with Crippen LogP contribution in [0, 0.1) is 19.8 Å². The van der Waals surface area contributed by atoms with Gasteiger partial charge in [-0.15, -0.1) is 0 Å². The third kappa shape index (κ3) is 4.33. The molecule has 8 heteroatoms. The van der Waals surface area contributed by atoms with Gasteiger partial charge in [0.2, 0.25) is 5.91 Å². The fourth-order valence-corrected chi connectivity index (χ4v) is 4.30. The summed E-state index contributed by atoms with van der Waals surface area (Å²) in [4.78, 5) is 33.6. The van der Waals surface area contributed by atoms with Crippen molar-refractivity contribution in [1.82, 2.24) is 19.7 Å². The molecule has 0 unspecified atom stereocenters. The molecule has 1 saturated carbocycles. The van der Waals surface area contributed by atoms with Crippen molar-refractivity contribution in [2.75, 3.05) is 30.4 Å². The van der Waals surface area contributed by atoms with E-state index in [1.54, 1.807) is 29.1 Å². The highest BCUT2D eigenvalue weighted by Crippen LogP contribution is 2.35. The lowest BCUT2D eigenvalue weighted by Crippen LogP contribution is -2.41. The SMILES string of the molecule is Cc1cc(C)n(-c2cccc(CN(C)C(=O)c3cnc4c(c3)N(CC3CC3)C(=O)CN4)c2)n1. The van der Waals surface area contributed by atoms with Gasteiger partial charge in [0.15, 0.2) is 0 Å². The molecule has 3 heterocycles. The average Bonchev–Trinajstić information content (AvgIpc) is 3.56. The summed E-state index contributed by atoms with van der Waals surface area (Å²) >= 11 is 0. The van der Waals surface area contributed by atoms with Gasteiger partial charge >= 0.3 is 0 Å². The van der Waals surface area contributed by atoms with Crippen LogP contribution in [0.2, 0.25) is 0 Å². The second-order valence-electron chi connectivity index (χ2n) is 9.06. The number of hydrogen-bond donors (Lipinski definition) is 1. The predicted octanol–water partition coefficient (Wildman–Crippen LogP) is 3.32. The van der Waals surface area contributed by atoms with Crippen LogP contribution in [0.5, 0.6) is 0 Å². The molecule has 1 fully saturated rings. The van der Waals surface area contributed by atoms with E-state index in [2.05, 4.69) is 15.4 Å². The second-order valence-corrected chi connectivity index (χ2v) is 9.06. The van der Waals surface area contributed by atoms with Gasteiger partial charge in [-0.25, -0.2) is 9.67 Å². The van der Waals surface area contributed by atoms with Crippen LogP contribution in [0.4, 0.5) is 11.5 Å². The van der Waals surface area contributed by atoms with Crippen LogP contribution in [0.25, 0.3) is 5.69 Å². The highest BCUT2D eigenvalue weighted by Gasteiger charge is 2.32. The van der Waals surface area contributed by atoms with E-state index in [1.807, 2.05) is 48.9 Å². The molecule has 2 amide bonds. The van der Waals surface area contributed by atoms with Gasteiger partial charge in [-0.05, 0) is 62.4 Å². The van der Waals surface area contributed by atoms with Gasteiger partial charge in [-0.3, -0.25) is 9.59 Å². The van der Waals surface area contributed by atoms with Crippen LogP contribution in [0.3, 0.4) is 0 Å². The number of benzene rings is 1. The number of hydrogen-bond acceptors (Lipinski definition) is 5. The number of carbonyl (C=O) groups is 2.